The number of carbonyl (C=O) groups is 1. The van der Waals surface area contributed by atoms with Gasteiger partial charge in [0.2, 0.25) is 0 Å². The van der Waals surface area contributed by atoms with Crippen LogP contribution in [0.3, 0.4) is 0 Å². The summed E-state index contributed by atoms with van der Waals surface area (Å²) in [6.45, 7) is 6.51. The van der Waals surface area contributed by atoms with Crippen molar-refractivity contribution in [3.8, 4) is 5.75 Å². The second-order valence-corrected chi connectivity index (χ2v) is 3.63. The van der Waals surface area contributed by atoms with Crippen molar-refractivity contribution in [2.45, 2.75) is 20.3 Å². The van der Waals surface area contributed by atoms with Crippen molar-refractivity contribution in [2.75, 3.05) is 0 Å². The minimum absolute atomic E-state index is 0.249. The fraction of sp³-hybridized carbons (Fsp3) is 0.231. The molecule has 1 heterocycles. The van der Waals surface area contributed by atoms with Crippen molar-refractivity contribution in [3.05, 3.63) is 46.5 Å². The second-order valence-electron chi connectivity index (χ2n) is 3.63. The molecule has 4 heteroatoms. The first kappa shape index (κ1) is 13.0. The predicted molar refractivity (Wildman–Crippen MR) is 65.1 cm³/mol. The highest BCUT2D eigenvalue weighted by atomic mass is 16.4. The normalized spacial score (nSPS) is 11.3. The van der Waals surface area contributed by atoms with Gasteiger partial charge < -0.3 is 9.52 Å². The van der Waals surface area contributed by atoms with Crippen LogP contribution in [0.25, 0.3) is 5.57 Å². The van der Waals surface area contributed by atoms with Gasteiger partial charge in [0.15, 0.2) is 5.78 Å². The minimum atomic E-state index is -0.821. The summed E-state index contributed by atoms with van der Waals surface area (Å²) in [4.78, 5) is 22.6. The van der Waals surface area contributed by atoms with Crippen LogP contribution in [-0.4, -0.2) is 10.9 Å². The van der Waals surface area contributed by atoms with Crippen molar-refractivity contribution in [1.82, 2.24) is 0 Å². The molecule has 0 bridgehead atoms. The Labute approximate surface area is 98.9 Å². The van der Waals surface area contributed by atoms with Gasteiger partial charge in [-0.25, -0.2) is 4.79 Å². The summed E-state index contributed by atoms with van der Waals surface area (Å²) < 4.78 is 4.97. The molecule has 1 aromatic heterocycles. The zero-order valence-corrected chi connectivity index (χ0v) is 9.82. The molecule has 0 atom stereocenters. The van der Waals surface area contributed by atoms with Crippen LogP contribution in [0.1, 0.15) is 36.4 Å². The molecule has 1 N–H and O–H groups in total. The zero-order valence-electron chi connectivity index (χ0n) is 9.82. The summed E-state index contributed by atoms with van der Waals surface area (Å²) in [6, 6.07) is 1.27. The van der Waals surface area contributed by atoms with Crippen LogP contribution < -0.4 is 5.63 Å². The average molecular weight is 234 g/mol. The van der Waals surface area contributed by atoms with Crippen molar-refractivity contribution in [1.29, 1.82) is 0 Å². The van der Waals surface area contributed by atoms with E-state index >= 15 is 0 Å². The van der Waals surface area contributed by atoms with Gasteiger partial charge in [0.1, 0.15) is 17.1 Å². The van der Waals surface area contributed by atoms with Crippen molar-refractivity contribution in [2.24, 2.45) is 0 Å². The number of allylic oxidation sites excluding steroid dienone is 3. The maximum Gasteiger partial charge on any atom is 0.350 e. The van der Waals surface area contributed by atoms with Crippen LogP contribution in [0.4, 0.5) is 0 Å². The summed E-state index contributed by atoms with van der Waals surface area (Å²) in [7, 11) is 0. The third-order valence-electron chi connectivity index (χ3n) is 2.26. The molecular formula is C13H14O4. The van der Waals surface area contributed by atoms with Gasteiger partial charge in [-0.3, -0.25) is 4.79 Å². The molecule has 0 saturated carbocycles. The van der Waals surface area contributed by atoms with Gasteiger partial charge in [0.25, 0.3) is 0 Å². The van der Waals surface area contributed by atoms with E-state index in [1.165, 1.54) is 13.0 Å². The molecule has 1 rings (SSSR count). The number of rotatable bonds is 4. The van der Waals surface area contributed by atoms with E-state index in [1.807, 2.05) is 0 Å². The number of hydrogen-bond donors (Lipinski definition) is 1. The molecule has 0 spiro atoms. The van der Waals surface area contributed by atoms with Gasteiger partial charge >= 0.3 is 5.63 Å². The van der Waals surface area contributed by atoms with Crippen LogP contribution >= 0.6 is 0 Å². The Kier molecular flexibility index (Phi) is 4.04. The smallest absolute Gasteiger partial charge is 0.350 e. The molecule has 4 nitrogen and oxygen atoms in total. The molecule has 0 unspecified atom stereocenters. The van der Waals surface area contributed by atoms with Crippen molar-refractivity contribution in [3.63, 3.8) is 0 Å². The fourth-order valence-electron chi connectivity index (χ4n) is 1.36. The summed E-state index contributed by atoms with van der Waals surface area (Å²) in [5, 5.41) is 9.59. The lowest BCUT2D eigenvalue weighted by Crippen LogP contribution is -2.12. The van der Waals surface area contributed by atoms with Crippen LogP contribution in [0, 0.1) is 0 Å². The molecule has 0 fully saturated rings. The fourth-order valence-corrected chi connectivity index (χ4v) is 1.36. The van der Waals surface area contributed by atoms with E-state index in [0.717, 1.165) is 0 Å². The molecule has 17 heavy (non-hydrogen) atoms. The van der Waals surface area contributed by atoms with Crippen molar-refractivity contribution < 1.29 is 14.3 Å². The topological polar surface area (TPSA) is 67.5 Å². The van der Waals surface area contributed by atoms with E-state index in [-0.39, 0.29) is 17.1 Å². The number of Topliss-reactive ketones (excluding diaryl/α,β-unsaturated/α-hetero) is 1. The monoisotopic (exact) mass is 234 g/mol. The van der Waals surface area contributed by atoms with Gasteiger partial charge in [-0.2, -0.15) is 0 Å². The van der Waals surface area contributed by atoms with Gasteiger partial charge in [0.05, 0.1) is 0 Å². The zero-order chi connectivity index (χ0) is 13.0. The summed E-state index contributed by atoms with van der Waals surface area (Å²) >= 11 is 0. The molecule has 0 amide bonds. The summed E-state index contributed by atoms with van der Waals surface area (Å²) in [6.07, 6.45) is 4.13. The lowest BCUT2D eigenvalue weighted by atomic mass is 10.1. The first-order valence-electron chi connectivity index (χ1n) is 5.13. The largest absolute Gasteiger partial charge is 0.507 e. The third-order valence-corrected chi connectivity index (χ3v) is 2.26. The molecular weight excluding hydrogens is 220 g/mol. The molecule has 0 saturated heterocycles. The molecule has 0 aliphatic carbocycles. The Bertz CT molecular complexity index is 535. The van der Waals surface area contributed by atoms with E-state index in [9.17, 15) is 14.7 Å². The molecule has 0 aliphatic rings. The molecule has 0 aliphatic heterocycles. The number of carbonyl (C=O) groups excluding carboxylic acids is 1. The number of aromatic hydroxyl groups is 1. The molecule has 0 radical (unpaired) electrons. The van der Waals surface area contributed by atoms with Crippen LogP contribution in [0.5, 0.6) is 5.75 Å². The highest BCUT2D eigenvalue weighted by Gasteiger charge is 2.15. The number of ketones is 1. The maximum atomic E-state index is 11.5. The van der Waals surface area contributed by atoms with Crippen LogP contribution in [0.15, 0.2) is 34.0 Å². The van der Waals surface area contributed by atoms with E-state index in [4.69, 9.17) is 4.42 Å². The molecule has 90 valence electrons. The Morgan fingerprint density at radius 1 is 1.53 bits per heavy atom. The van der Waals surface area contributed by atoms with Gasteiger partial charge in [-0.1, -0.05) is 12.2 Å². The van der Waals surface area contributed by atoms with Crippen LogP contribution in [-0.2, 0) is 0 Å². The highest BCUT2D eigenvalue weighted by molar-refractivity contribution is 5.96. The van der Waals surface area contributed by atoms with Gasteiger partial charge in [-0.05, 0) is 25.8 Å². The van der Waals surface area contributed by atoms with Gasteiger partial charge in [0, 0.05) is 6.07 Å². The Morgan fingerprint density at radius 3 is 2.65 bits per heavy atom. The average Bonchev–Trinajstić information content (AvgIpc) is 2.24. The standard InChI is InChI=1S/C13H14O4/c1-4-5-6-8(2)11-7-10(15)12(9(3)14)13(16)17-11/h4,6-7,15H,1,5H2,2-3H3/b8-6+. The lowest BCUT2D eigenvalue weighted by molar-refractivity contribution is 0.101. The Hall–Kier alpha value is -2.10. The second kappa shape index (κ2) is 5.30. The van der Waals surface area contributed by atoms with Crippen LogP contribution in [0.2, 0.25) is 0 Å². The van der Waals surface area contributed by atoms with Crippen molar-refractivity contribution >= 4 is 11.4 Å². The quantitative estimate of drug-likeness (QED) is 0.642. The Balaban J connectivity index is 3.28. The Morgan fingerprint density at radius 2 is 2.18 bits per heavy atom. The SMILES string of the molecule is C=CC/C=C(\C)c1cc(O)c(C(C)=O)c(=O)o1. The minimum Gasteiger partial charge on any atom is -0.507 e. The van der Waals surface area contributed by atoms with E-state index < -0.39 is 11.4 Å². The van der Waals surface area contributed by atoms with E-state index in [2.05, 4.69) is 6.58 Å². The summed E-state index contributed by atoms with van der Waals surface area (Å²) in [5.41, 5.74) is -0.434. The van der Waals surface area contributed by atoms with E-state index in [0.29, 0.717) is 12.0 Å². The first-order chi connectivity index (χ1) is 7.97. The van der Waals surface area contributed by atoms with E-state index in [1.54, 1.807) is 19.1 Å². The maximum absolute atomic E-state index is 11.5. The third kappa shape index (κ3) is 2.93. The number of hydrogen-bond acceptors (Lipinski definition) is 4. The highest BCUT2D eigenvalue weighted by Crippen LogP contribution is 2.21. The predicted octanol–water partition coefficient (Wildman–Crippen LogP) is 2.53. The van der Waals surface area contributed by atoms with Gasteiger partial charge in [-0.15, -0.1) is 6.58 Å². The molecule has 1 aromatic rings. The lowest BCUT2D eigenvalue weighted by Gasteiger charge is -2.03. The first-order valence-corrected chi connectivity index (χ1v) is 5.13. The summed E-state index contributed by atoms with van der Waals surface area (Å²) in [5.74, 6) is -0.620. The molecule has 0 aromatic carbocycles.